The number of hydrogen-bond acceptors (Lipinski definition) is 6. The molecular formula is C23H32N4O4S. The van der Waals surface area contributed by atoms with Crippen molar-refractivity contribution in [2.75, 3.05) is 19.3 Å². The zero-order valence-corrected chi connectivity index (χ0v) is 19.7. The number of hydrogen-bond donors (Lipinski definition) is 2. The van der Waals surface area contributed by atoms with E-state index in [2.05, 4.69) is 22.1 Å². The average molecular weight is 461 g/mol. The van der Waals surface area contributed by atoms with Crippen LogP contribution in [0, 0.1) is 0 Å². The van der Waals surface area contributed by atoms with Gasteiger partial charge < -0.3 is 0 Å². The molecule has 1 saturated heterocycles. The van der Waals surface area contributed by atoms with Crippen molar-refractivity contribution >= 4 is 22.0 Å². The molecular weight excluding hydrogens is 428 g/mol. The Morgan fingerprint density at radius 3 is 2.56 bits per heavy atom. The minimum atomic E-state index is -3.42. The number of nitrogens with zero attached hydrogens (tertiary/aromatic N) is 3. The first-order valence-electron chi connectivity index (χ1n) is 11.0. The average Bonchev–Trinajstić information content (AvgIpc) is 3.40. The van der Waals surface area contributed by atoms with Crippen molar-refractivity contribution in [3.8, 4) is 0 Å². The molecule has 0 unspecified atom stereocenters. The van der Waals surface area contributed by atoms with Gasteiger partial charge in [0.25, 0.3) is 15.9 Å². The molecule has 0 aliphatic carbocycles. The van der Waals surface area contributed by atoms with Crippen molar-refractivity contribution in [2.45, 2.75) is 52.0 Å². The van der Waals surface area contributed by atoms with Crippen LogP contribution < -0.4 is 5.48 Å². The number of carbonyl (C=O) groups excluding carboxylic acids is 1. The Morgan fingerprint density at radius 1 is 1.25 bits per heavy atom. The highest BCUT2D eigenvalue weighted by Crippen LogP contribution is 2.32. The largest absolute Gasteiger partial charge is 0.296 e. The zero-order chi connectivity index (χ0) is 23.3. The molecule has 174 valence electrons. The van der Waals surface area contributed by atoms with E-state index in [1.54, 1.807) is 11.6 Å². The van der Waals surface area contributed by atoms with E-state index in [4.69, 9.17) is 5.21 Å². The van der Waals surface area contributed by atoms with Gasteiger partial charge in [0.2, 0.25) is 0 Å². The summed E-state index contributed by atoms with van der Waals surface area (Å²) in [6, 6.07) is 8.40. The molecule has 1 amide bonds. The third-order valence-corrected chi connectivity index (χ3v) is 6.92. The van der Waals surface area contributed by atoms with Gasteiger partial charge in [-0.3, -0.25) is 14.9 Å². The second-order valence-corrected chi connectivity index (χ2v) is 9.92. The molecule has 8 nitrogen and oxygen atoms in total. The van der Waals surface area contributed by atoms with Crippen LogP contribution in [0.3, 0.4) is 0 Å². The molecule has 2 aromatic rings. The Bertz CT molecular complexity index is 1070. The molecule has 9 heteroatoms. The highest BCUT2D eigenvalue weighted by Gasteiger charge is 2.27. The first-order valence-corrected chi connectivity index (χ1v) is 12.9. The third kappa shape index (κ3) is 5.46. The fourth-order valence-electron chi connectivity index (χ4n) is 4.47. The lowest BCUT2D eigenvalue weighted by molar-refractivity contribution is -0.124. The maximum absolute atomic E-state index is 12.2. The normalized spacial score (nSPS) is 17.3. The van der Waals surface area contributed by atoms with Gasteiger partial charge in [0.1, 0.15) is 0 Å². The smallest absolute Gasteiger partial charge is 0.267 e. The number of likely N-dealkylation sites (tertiary alicyclic amines) is 1. The lowest BCUT2D eigenvalue weighted by Gasteiger charge is -2.25. The lowest BCUT2D eigenvalue weighted by Crippen LogP contribution is -2.26. The summed E-state index contributed by atoms with van der Waals surface area (Å²) in [5.41, 5.74) is 6.41. The van der Waals surface area contributed by atoms with E-state index in [1.165, 1.54) is 22.0 Å². The van der Waals surface area contributed by atoms with Crippen LogP contribution in [-0.4, -0.2) is 53.0 Å². The number of hydroxylamine groups is 1. The van der Waals surface area contributed by atoms with Gasteiger partial charge in [-0.25, -0.2) is 13.9 Å². The summed E-state index contributed by atoms with van der Waals surface area (Å²) in [6.45, 7) is 5.84. The van der Waals surface area contributed by atoms with E-state index >= 15 is 0 Å². The number of benzene rings is 1. The van der Waals surface area contributed by atoms with Gasteiger partial charge in [-0.2, -0.15) is 9.19 Å². The monoisotopic (exact) mass is 460 g/mol. The maximum atomic E-state index is 12.2. The number of aromatic nitrogens is 2. The fourth-order valence-corrected chi connectivity index (χ4v) is 5.36. The number of amides is 1. The molecule has 0 radical (unpaired) electrons. The molecule has 1 atom stereocenters. The summed E-state index contributed by atoms with van der Waals surface area (Å²) in [6.07, 6.45) is 8.44. The van der Waals surface area contributed by atoms with Crippen LogP contribution in [0.25, 0.3) is 6.08 Å². The Kier molecular flexibility index (Phi) is 7.86. The van der Waals surface area contributed by atoms with Gasteiger partial charge in [0.05, 0.1) is 17.6 Å². The van der Waals surface area contributed by atoms with E-state index in [-0.39, 0.29) is 0 Å². The second kappa shape index (κ2) is 10.4. The quantitative estimate of drug-likeness (QED) is 0.339. The van der Waals surface area contributed by atoms with E-state index in [0.717, 1.165) is 54.9 Å². The van der Waals surface area contributed by atoms with Crippen LogP contribution >= 0.6 is 0 Å². The van der Waals surface area contributed by atoms with Gasteiger partial charge in [-0.15, -0.1) is 0 Å². The highest BCUT2D eigenvalue weighted by atomic mass is 32.2. The number of carbonyl (C=O) groups is 1. The van der Waals surface area contributed by atoms with Crippen LogP contribution in [0.1, 0.15) is 60.8 Å². The SMILES string of the molecule is CCc1nn(S(C)(=O)=O)c(CC)c1CCN1CCC[C@H]1c1ccc(C=CC(=O)NO)cc1. The Hall–Kier alpha value is -2.49. The Balaban J connectivity index is 1.74. The topological polar surface area (TPSA) is 105 Å². The van der Waals surface area contributed by atoms with Crippen LogP contribution in [-0.2, 0) is 34.1 Å². The van der Waals surface area contributed by atoms with Crippen molar-refractivity contribution in [3.63, 3.8) is 0 Å². The van der Waals surface area contributed by atoms with Gasteiger partial charge >= 0.3 is 0 Å². The Morgan fingerprint density at radius 2 is 1.97 bits per heavy atom. The molecule has 2 N–H and O–H groups in total. The highest BCUT2D eigenvalue weighted by molar-refractivity contribution is 7.89. The van der Waals surface area contributed by atoms with E-state index in [1.807, 2.05) is 26.0 Å². The summed E-state index contributed by atoms with van der Waals surface area (Å²) in [7, 11) is -3.42. The maximum Gasteiger partial charge on any atom is 0.267 e. The van der Waals surface area contributed by atoms with E-state index in [9.17, 15) is 13.2 Å². The van der Waals surface area contributed by atoms with Gasteiger partial charge in [-0.05, 0) is 61.4 Å². The molecule has 0 bridgehead atoms. The third-order valence-electron chi connectivity index (χ3n) is 5.99. The molecule has 3 rings (SSSR count). The van der Waals surface area contributed by atoms with Crippen molar-refractivity contribution in [1.82, 2.24) is 19.6 Å². The van der Waals surface area contributed by atoms with Crippen molar-refractivity contribution < 1.29 is 18.4 Å². The second-order valence-electron chi connectivity index (χ2n) is 8.11. The van der Waals surface area contributed by atoms with Gasteiger partial charge in [0, 0.05) is 18.7 Å². The van der Waals surface area contributed by atoms with Gasteiger partial charge in [0.15, 0.2) is 0 Å². The molecule has 1 aliphatic rings. The Labute approximate surface area is 189 Å². The lowest BCUT2D eigenvalue weighted by atomic mass is 10.0. The summed E-state index contributed by atoms with van der Waals surface area (Å²) < 4.78 is 25.6. The predicted octanol–water partition coefficient (Wildman–Crippen LogP) is 2.71. The standard InChI is InChI=1S/C23H32N4O4S/c1-4-20-19(21(5-2)27(24-20)32(3,30)31)14-16-26-15-6-7-22(26)18-11-8-17(9-12-18)10-13-23(28)25-29/h8-13,22,29H,4-7,14-16H2,1-3H3,(H,25,28)/t22-/m0/s1. The van der Waals surface area contributed by atoms with Gasteiger partial charge in [-0.1, -0.05) is 38.1 Å². The summed E-state index contributed by atoms with van der Waals surface area (Å²) in [4.78, 5) is 13.6. The minimum Gasteiger partial charge on any atom is -0.296 e. The first kappa shape index (κ1) is 24.2. The molecule has 1 fully saturated rings. The first-order chi connectivity index (χ1) is 15.3. The number of rotatable bonds is 9. The van der Waals surface area contributed by atoms with E-state index in [0.29, 0.717) is 18.9 Å². The molecule has 0 spiro atoms. The number of aryl methyl sites for hydroxylation is 1. The fraction of sp³-hybridized carbons (Fsp3) is 0.478. The molecule has 1 aromatic heterocycles. The molecule has 32 heavy (non-hydrogen) atoms. The predicted molar refractivity (Wildman–Crippen MR) is 124 cm³/mol. The van der Waals surface area contributed by atoms with Crippen LogP contribution in [0.4, 0.5) is 0 Å². The van der Waals surface area contributed by atoms with E-state index < -0.39 is 15.9 Å². The van der Waals surface area contributed by atoms with Crippen LogP contribution in [0.2, 0.25) is 0 Å². The van der Waals surface area contributed by atoms with Crippen molar-refractivity contribution in [2.24, 2.45) is 0 Å². The summed E-state index contributed by atoms with van der Waals surface area (Å²) in [5, 5.41) is 13.0. The molecule has 1 aliphatic heterocycles. The zero-order valence-electron chi connectivity index (χ0n) is 18.9. The van der Waals surface area contributed by atoms with Crippen molar-refractivity contribution in [1.29, 1.82) is 0 Å². The minimum absolute atomic E-state index is 0.314. The molecule has 2 heterocycles. The molecule has 0 saturated carbocycles. The number of nitrogens with one attached hydrogen (secondary N) is 1. The molecule has 1 aromatic carbocycles. The van der Waals surface area contributed by atoms with Crippen LogP contribution in [0.5, 0.6) is 0 Å². The summed E-state index contributed by atoms with van der Waals surface area (Å²) >= 11 is 0. The van der Waals surface area contributed by atoms with Crippen molar-refractivity contribution in [3.05, 3.63) is 58.4 Å². The van der Waals surface area contributed by atoms with Crippen LogP contribution in [0.15, 0.2) is 30.3 Å². The summed E-state index contributed by atoms with van der Waals surface area (Å²) in [5.74, 6) is -0.562.